The van der Waals surface area contributed by atoms with Crippen LogP contribution in [0.4, 0.5) is 13.2 Å². The Morgan fingerprint density at radius 2 is 1.66 bits per heavy atom. The Labute approximate surface area is 181 Å². The Hall–Kier alpha value is -3.53. The molecule has 3 aromatic carbocycles. The summed E-state index contributed by atoms with van der Waals surface area (Å²) in [4.78, 5) is 11.6. The number of hydrogen-bond acceptors (Lipinski definition) is 5. The molecule has 168 valence electrons. The van der Waals surface area contributed by atoms with Gasteiger partial charge in [-0.2, -0.15) is 13.2 Å². The third kappa shape index (κ3) is 5.02. The predicted octanol–water partition coefficient (Wildman–Crippen LogP) is 4.76. The average Bonchev–Trinajstić information content (AvgIpc) is 2.71. The molecule has 0 radical (unpaired) electrons. The maximum atomic E-state index is 12.9. The summed E-state index contributed by atoms with van der Waals surface area (Å²) in [6.07, 6.45) is -3.80. The molecular weight excluding hydrogens is 449 g/mol. The number of hydrogen-bond donors (Lipinski definition) is 2. The molecule has 2 N–H and O–H groups in total. The van der Waals surface area contributed by atoms with Gasteiger partial charge in [-0.25, -0.2) is 13.2 Å². The normalized spacial score (nSPS) is 11.9. The van der Waals surface area contributed by atoms with Crippen LogP contribution in [0.25, 0.3) is 11.1 Å². The van der Waals surface area contributed by atoms with E-state index in [0.717, 1.165) is 12.3 Å². The fourth-order valence-corrected chi connectivity index (χ4v) is 3.70. The van der Waals surface area contributed by atoms with E-state index in [2.05, 4.69) is 0 Å². The van der Waals surface area contributed by atoms with Crippen LogP contribution in [0.1, 0.15) is 21.5 Å². The highest BCUT2D eigenvalue weighted by molar-refractivity contribution is 7.90. The van der Waals surface area contributed by atoms with E-state index in [4.69, 9.17) is 4.74 Å². The average molecular weight is 466 g/mol. The van der Waals surface area contributed by atoms with Crippen molar-refractivity contribution in [3.63, 3.8) is 0 Å². The minimum Gasteiger partial charge on any atom is -0.506 e. The molecule has 0 bridgehead atoms. The molecule has 0 aliphatic heterocycles. The SMILES string of the molecule is CS(=O)(=O)c1cccc(-c2ccc(OCc3ccc(C(F)(F)F)c(O)c3C(=O)O)cc2)c1. The van der Waals surface area contributed by atoms with Crippen LogP contribution in [-0.4, -0.2) is 30.9 Å². The first-order valence-corrected chi connectivity index (χ1v) is 11.0. The molecular formula is C22H17F3O6S. The van der Waals surface area contributed by atoms with Gasteiger partial charge in [-0.05, 0) is 41.5 Å². The summed E-state index contributed by atoms with van der Waals surface area (Å²) in [7, 11) is -3.37. The van der Waals surface area contributed by atoms with Crippen molar-refractivity contribution in [1.82, 2.24) is 0 Å². The zero-order valence-electron chi connectivity index (χ0n) is 16.6. The lowest BCUT2D eigenvalue weighted by Gasteiger charge is -2.15. The van der Waals surface area contributed by atoms with E-state index in [-0.39, 0.29) is 10.5 Å². The van der Waals surface area contributed by atoms with E-state index in [1.54, 1.807) is 36.4 Å². The molecule has 0 heterocycles. The summed E-state index contributed by atoms with van der Waals surface area (Å²) >= 11 is 0. The summed E-state index contributed by atoms with van der Waals surface area (Å²) in [6.45, 7) is -0.393. The number of alkyl halides is 3. The molecule has 0 aliphatic carbocycles. The summed E-state index contributed by atoms with van der Waals surface area (Å²) in [5, 5.41) is 19.1. The van der Waals surface area contributed by atoms with Gasteiger partial charge in [0.2, 0.25) is 0 Å². The Kier molecular flexibility index (Phi) is 6.18. The van der Waals surface area contributed by atoms with E-state index >= 15 is 0 Å². The highest BCUT2D eigenvalue weighted by atomic mass is 32.2. The summed E-state index contributed by atoms with van der Waals surface area (Å²) < 4.78 is 67.7. The van der Waals surface area contributed by atoms with Crippen LogP contribution in [0.5, 0.6) is 11.5 Å². The molecule has 10 heteroatoms. The van der Waals surface area contributed by atoms with E-state index in [1.807, 2.05) is 0 Å². The number of aromatic hydroxyl groups is 1. The molecule has 0 spiro atoms. The number of carboxylic acid groups (broad SMARTS) is 1. The minimum absolute atomic E-state index is 0.132. The van der Waals surface area contributed by atoms with Crippen LogP contribution < -0.4 is 4.74 Å². The molecule has 0 saturated heterocycles. The van der Waals surface area contributed by atoms with E-state index in [0.29, 0.717) is 22.9 Å². The maximum Gasteiger partial charge on any atom is 0.419 e. The summed E-state index contributed by atoms with van der Waals surface area (Å²) in [5.74, 6) is -2.79. The maximum absolute atomic E-state index is 12.9. The molecule has 6 nitrogen and oxygen atoms in total. The second kappa shape index (κ2) is 8.54. The van der Waals surface area contributed by atoms with Gasteiger partial charge in [0.05, 0.1) is 10.5 Å². The fraction of sp³-hybridized carbons (Fsp3) is 0.136. The van der Waals surface area contributed by atoms with Crippen LogP contribution in [-0.2, 0) is 22.6 Å². The van der Waals surface area contributed by atoms with Gasteiger partial charge in [0, 0.05) is 11.8 Å². The number of carbonyl (C=O) groups is 1. The smallest absolute Gasteiger partial charge is 0.419 e. The quantitative estimate of drug-likeness (QED) is 0.543. The van der Waals surface area contributed by atoms with Crippen LogP contribution in [0.2, 0.25) is 0 Å². The third-order valence-electron chi connectivity index (χ3n) is 4.63. The number of benzene rings is 3. The van der Waals surface area contributed by atoms with Crippen molar-refractivity contribution in [3.05, 3.63) is 77.4 Å². The lowest BCUT2D eigenvalue weighted by Crippen LogP contribution is -2.12. The Bertz CT molecular complexity index is 1270. The Morgan fingerprint density at radius 3 is 2.22 bits per heavy atom. The first kappa shape index (κ1) is 23.1. The van der Waals surface area contributed by atoms with Gasteiger partial charge in [0.15, 0.2) is 9.84 Å². The number of sulfone groups is 1. The minimum atomic E-state index is -4.90. The van der Waals surface area contributed by atoms with Crippen molar-refractivity contribution in [1.29, 1.82) is 0 Å². The Morgan fingerprint density at radius 1 is 1.00 bits per heavy atom. The highest BCUT2D eigenvalue weighted by Crippen LogP contribution is 2.39. The fourth-order valence-electron chi connectivity index (χ4n) is 3.03. The van der Waals surface area contributed by atoms with Crippen molar-refractivity contribution in [2.45, 2.75) is 17.7 Å². The molecule has 0 unspecified atom stereocenters. The molecule has 0 aliphatic rings. The van der Waals surface area contributed by atoms with E-state index in [1.165, 1.54) is 12.1 Å². The van der Waals surface area contributed by atoms with Crippen molar-refractivity contribution >= 4 is 15.8 Å². The van der Waals surface area contributed by atoms with Gasteiger partial charge in [-0.15, -0.1) is 0 Å². The van der Waals surface area contributed by atoms with Gasteiger partial charge >= 0.3 is 12.1 Å². The third-order valence-corrected chi connectivity index (χ3v) is 5.74. The van der Waals surface area contributed by atoms with Crippen molar-refractivity contribution in [2.24, 2.45) is 0 Å². The largest absolute Gasteiger partial charge is 0.506 e. The van der Waals surface area contributed by atoms with E-state index < -0.39 is 45.5 Å². The van der Waals surface area contributed by atoms with Crippen LogP contribution in [0, 0.1) is 0 Å². The molecule has 3 rings (SSSR count). The lowest BCUT2D eigenvalue weighted by molar-refractivity contribution is -0.138. The number of rotatable bonds is 6. The van der Waals surface area contributed by atoms with Crippen molar-refractivity contribution in [2.75, 3.05) is 6.26 Å². The first-order valence-electron chi connectivity index (χ1n) is 9.06. The summed E-state index contributed by atoms with van der Waals surface area (Å²) in [6, 6.07) is 14.3. The van der Waals surface area contributed by atoms with Crippen molar-refractivity contribution in [3.8, 4) is 22.6 Å². The van der Waals surface area contributed by atoms with Crippen LogP contribution >= 0.6 is 0 Å². The van der Waals surface area contributed by atoms with Gasteiger partial charge in [0.25, 0.3) is 0 Å². The summed E-state index contributed by atoms with van der Waals surface area (Å²) in [5.41, 5.74) is -1.11. The molecule has 0 atom stereocenters. The standard InChI is InChI=1S/C22H17F3O6S/c1-32(29,30)17-4-2-3-14(11-17)13-5-8-16(9-6-13)31-12-15-7-10-18(22(23,24)25)20(26)19(15)21(27)28/h2-11,26H,12H2,1H3,(H,27,28). The zero-order valence-corrected chi connectivity index (χ0v) is 17.4. The second-order valence-electron chi connectivity index (χ2n) is 6.91. The number of carboxylic acids is 1. The first-order chi connectivity index (χ1) is 14.9. The van der Waals surface area contributed by atoms with Gasteiger partial charge in [-0.3, -0.25) is 0 Å². The van der Waals surface area contributed by atoms with Crippen LogP contribution in [0.15, 0.2) is 65.6 Å². The highest BCUT2D eigenvalue weighted by Gasteiger charge is 2.36. The van der Waals surface area contributed by atoms with Gasteiger partial charge in [-0.1, -0.05) is 30.3 Å². The number of aromatic carboxylic acids is 1. The molecule has 0 amide bonds. The molecule has 32 heavy (non-hydrogen) atoms. The molecule has 0 fully saturated rings. The molecule has 3 aromatic rings. The van der Waals surface area contributed by atoms with Crippen LogP contribution in [0.3, 0.4) is 0 Å². The second-order valence-corrected chi connectivity index (χ2v) is 8.93. The number of halogens is 3. The van der Waals surface area contributed by atoms with E-state index in [9.17, 15) is 36.6 Å². The number of ether oxygens (including phenoxy) is 1. The monoisotopic (exact) mass is 466 g/mol. The van der Waals surface area contributed by atoms with Crippen molar-refractivity contribution < 1.29 is 41.3 Å². The predicted molar refractivity (Wildman–Crippen MR) is 109 cm³/mol. The lowest BCUT2D eigenvalue weighted by atomic mass is 10.0. The molecule has 0 saturated carbocycles. The van der Waals surface area contributed by atoms with Gasteiger partial charge < -0.3 is 14.9 Å². The zero-order chi connectivity index (χ0) is 23.7. The molecule has 0 aromatic heterocycles. The van der Waals surface area contributed by atoms with Gasteiger partial charge in [0.1, 0.15) is 23.7 Å². The topological polar surface area (TPSA) is 101 Å². The number of phenols is 1. The Balaban J connectivity index is 1.82.